The molecular weight excluding hydrogens is 284 g/mol. The van der Waals surface area contributed by atoms with E-state index < -0.39 is 0 Å². The van der Waals surface area contributed by atoms with Gasteiger partial charge in [0.15, 0.2) is 0 Å². The molecule has 0 saturated heterocycles. The zero-order chi connectivity index (χ0) is 16.1. The van der Waals surface area contributed by atoms with Gasteiger partial charge in [-0.05, 0) is 53.2 Å². The van der Waals surface area contributed by atoms with Gasteiger partial charge < -0.3 is 10.1 Å². The summed E-state index contributed by atoms with van der Waals surface area (Å²) in [5, 5.41) is 13.1. The predicted octanol–water partition coefficient (Wildman–Crippen LogP) is 4.55. The van der Waals surface area contributed by atoms with Crippen LogP contribution in [0, 0.1) is 16.7 Å². The highest BCUT2D eigenvalue weighted by Crippen LogP contribution is 2.28. The van der Waals surface area contributed by atoms with Gasteiger partial charge in [0.1, 0.15) is 5.75 Å². The molecule has 1 aromatic carbocycles. The van der Waals surface area contributed by atoms with Crippen molar-refractivity contribution < 1.29 is 4.74 Å². The first kappa shape index (κ1) is 17.8. The molecule has 0 radical (unpaired) electrons. The van der Waals surface area contributed by atoms with Crippen molar-refractivity contribution in [2.24, 2.45) is 5.41 Å². The molecule has 1 rings (SSSR count). The quantitative estimate of drug-likeness (QED) is 0.838. The molecule has 0 aromatic heterocycles. The molecule has 3 nitrogen and oxygen atoms in total. The second kappa shape index (κ2) is 7.15. The summed E-state index contributed by atoms with van der Waals surface area (Å²) >= 11 is 6.28. The fourth-order valence-electron chi connectivity index (χ4n) is 1.67. The summed E-state index contributed by atoms with van der Waals surface area (Å²) in [6.45, 7) is 11.3. The molecule has 4 heteroatoms. The molecule has 0 atom stereocenters. The van der Waals surface area contributed by atoms with Crippen LogP contribution in [-0.4, -0.2) is 12.1 Å². The van der Waals surface area contributed by atoms with Crippen LogP contribution in [0.25, 0.3) is 0 Å². The summed E-state index contributed by atoms with van der Waals surface area (Å²) in [6, 6.07) is 7.95. The fraction of sp³-hybridized carbons (Fsp3) is 0.588. The van der Waals surface area contributed by atoms with Crippen molar-refractivity contribution in [2.45, 2.75) is 53.1 Å². The van der Waals surface area contributed by atoms with Gasteiger partial charge in [0.2, 0.25) is 0 Å². The average Bonchev–Trinajstić information content (AvgIpc) is 2.36. The van der Waals surface area contributed by atoms with Crippen LogP contribution in [-0.2, 0) is 6.54 Å². The molecule has 0 unspecified atom stereocenters. The molecule has 0 heterocycles. The molecule has 1 N–H and O–H groups in total. The molecule has 0 saturated carbocycles. The van der Waals surface area contributed by atoms with E-state index in [0.717, 1.165) is 11.3 Å². The Morgan fingerprint density at radius 2 is 1.90 bits per heavy atom. The normalized spacial score (nSPS) is 12.0. The number of halogens is 1. The van der Waals surface area contributed by atoms with Crippen LogP contribution in [0.1, 0.15) is 46.6 Å². The molecule has 0 amide bonds. The van der Waals surface area contributed by atoms with Crippen molar-refractivity contribution in [3.63, 3.8) is 0 Å². The molecule has 0 aliphatic carbocycles. The first-order valence-electron chi connectivity index (χ1n) is 7.21. The van der Waals surface area contributed by atoms with Gasteiger partial charge in [0, 0.05) is 22.7 Å². The average molecular weight is 309 g/mol. The van der Waals surface area contributed by atoms with E-state index in [1.807, 2.05) is 32.0 Å². The van der Waals surface area contributed by atoms with Gasteiger partial charge in [-0.1, -0.05) is 17.7 Å². The van der Waals surface area contributed by atoms with Gasteiger partial charge in [0.05, 0.1) is 18.1 Å². The summed E-state index contributed by atoms with van der Waals surface area (Å²) in [6.07, 6.45) is 0.683. The lowest BCUT2D eigenvalue weighted by Gasteiger charge is -2.22. The number of hydrogen-bond donors (Lipinski definition) is 1. The maximum Gasteiger partial charge on any atom is 0.125 e. The van der Waals surface area contributed by atoms with Crippen LogP contribution in [0.3, 0.4) is 0 Å². The minimum Gasteiger partial charge on any atom is -0.493 e. The summed E-state index contributed by atoms with van der Waals surface area (Å²) in [5.41, 5.74) is 0.602. The van der Waals surface area contributed by atoms with Crippen LogP contribution in [0.2, 0.25) is 5.02 Å². The standard InChI is InChI=1S/C17H25ClN2O/c1-16(2,3)20-11-13-14(18)7-6-8-15(13)21-10-9-17(4,5)12-19/h6-8,20H,9-11H2,1-5H3. The van der Waals surface area contributed by atoms with Crippen molar-refractivity contribution in [3.8, 4) is 11.8 Å². The van der Waals surface area contributed by atoms with Gasteiger partial charge >= 0.3 is 0 Å². The molecule has 0 bridgehead atoms. The number of hydrogen-bond acceptors (Lipinski definition) is 3. The third kappa shape index (κ3) is 6.37. The zero-order valence-corrected chi connectivity index (χ0v) is 14.3. The maximum atomic E-state index is 9.03. The van der Waals surface area contributed by atoms with Gasteiger partial charge in [-0.3, -0.25) is 0 Å². The lowest BCUT2D eigenvalue weighted by atomic mass is 9.92. The van der Waals surface area contributed by atoms with Crippen LogP contribution < -0.4 is 10.1 Å². The summed E-state index contributed by atoms with van der Waals surface area (Å²) in [4.78, 5) is 0. The molecule has 0 aliphatic heterocycles. The number of nitriles is 1. The van der Waals surface area contributed by atoms with Crippen molar-refractivity contribution >= 4 is 11.6 Å². The molecule has 0 aliphatic rings. The van der Waals surface area contributed by atoms with Crippen LogP contribution in [0.15, 0.2) is 18.2 Å². The fourth-order valence-corrected chi connectivity index (χ4v) is 1.90. The van der Waals surface area contributed by atoms with E-state index in [0.29, 0.717) is 24.6 Å². The topological polar surface area (TPSA) is 45.0 Å². The van der Waals surface area contributed by atoms with Crippen LogP contribution in [0.4, 0.5) is 0 Å². The van der Waals surface area contributed by atoms with E-state index in [-0.39, 0.29) is 11.0 Å². The van der Waals surface area contributed by atoms with E-state index in [4.69, 9.17) is 21.6 Å². The van der Waals surface area contributed by atoms with E-state index in [1.165, 1.54) is 0 Å². The maximum absolute atomic E-state index is 9.03. The molecule has 0 spiro atoms. The first-order valence-corrected chi connectivity index (χ1v) is 7.59. The molecule has 21 heavy (non-hydrogen) atoms. The largest absolute Gasteiger partial charge is 0.493 e. The Kier molecular flexibility index (Phi) is 6.07. The summed E-state index contributed by atoms with van der Waals surface area (Å²) < 4.78 is 5.85. The van der Waals surface area contributed by atoms with Gasteiger partial charge in [-0.2, -0.15) is 5.26 Å². The second-order valence-electron chi connectivity index (χ2n) is 6.91. The van der Waals surface area contributed by atoms with Gasteiger partial charge in [-0.15, -0.1) is 0 Å². The smallest absolute Gasteiger partial charge is 0.125 e. The Morgan fingerprint density at radius 1 is 1.24 bits per heavy atom. The Balaban J connectivity index is 2.74. The summed E-state index contributed by atoms with van der Waals surface area (Å²) in [7, 11) is 0. The molecule has 1 aromatic rings. The third-order valence-corrected chi connectivity index (χ3v) is 3.51. The van der Waals surface area contributed by atoms with E-state index >= 15 is 0 Å². The van der Waals surface area contributed by atoms with Gasteiger partial charge in [-0.25, -0.2) is 0 Å². The first-order chi connectivity index (χ1) is 9.64. The Labute approximate surface area is 133 Å². The highest BCUT2D eigenvalue weighted by Gasteiger charge is 2.18. The number of ether oxygens (including phenoxy) is 1. The predicted molar refractivity (Wildman–Crippen MR) is 87.6 cm³/mol. The lowest BCUT2D eigenvalue weighted by Crippen LogP contribution is -2.35. The number of rotatable bonds is 6. The highest BCUT2D eigenvalue weighted by atomic mass is 35.5. The van der Waals surface area contributed by atoms with Gasteiger partial charge in [0.25, 0.3) is 0 Å². The molecular formula is C17H25ClN2O. The van der Waals surface area contributed by atoms with Crippen molar-refractivity contribution in [1.29, 1.82) is 5.26 Å². The number of benzene rings is 1. The highest BCUT2D eigenvalue weighted by molar-refractivity contribution is 6.31. The van der Waals surface area contributed by atoms with E-state index in [1.54, 1.807) is 0 Å². The van der Waals surface area contributed by atoms with Crippen LogP contribution >= 0.6 is 11.6 Å². The minimum atomic E-state index is -0.373. The van der Waals surface area contributed by atoms with E-state index in [2.05, 4.69) is 32.2 Å². The monoisotopic (exact) mass is 308 g/mol. The third-order valence-electron chi connectivity index (χ3n) is 3.16. The van der Waals surface area contributed by atoms with E-state index in [9.17, 15) is 0 Å². The SMILES string of the molecule is CC(C)(C#N)CCOc1cccc(Cl)c1CNC(C)(C)C. The van der Waals surface area contributed by atoms with Crippen molar-refractivity contribution in [1.82, 2.24) is 5.32 Å². The second-order valence-corrected chi connectivity index (χ2v) is 7.32. The molecule has 0 fully saturated rings. The minimum absolute atomic E-state index is 0.0131. The van der Waals surface area contributed by atoms with Crippen LogP contribution in [0.5, 0.6) is 5.75 Å². The van der Waals surface area contributed by atoms with Crippen molar-refractivity contribution in [3.05, 3.63) is 28.8 Å². The molecule has 116 valence electrons. The Hall–Kier alpha value is -1.24. The Bertz CT molecular complexity index is 513. The lowest BCUT2D eigenvalue weighted by molar-refractivity contribution is 0.261. The van der Waals surface area contributed by atoms with Crippen molar-refractivity contribution in [2.75, 3.05) is 6.61 Å². The Morgan fingerprint density at radius 3 is 2.48 bits per heavy atom. The number of nitrogens with zero attached hydrogens (tertiary/aromatic N) is 1. The number of nitrogens with one attached hydrogen (secondary N) is 1. The summed E-state index contributed by atoms with van der Waals surface area (Å²) in [5.74, 6) is 0.785. The zero-order valence-electron chi connectivity index (χ0n) is 13.6.